The zero-order valence-electron chi connectivity index (χ0n) is 26.9. The van der Waals surface area contributed by atoms with Gasteiger partial charge in [0.2, 0.25) is 5.69 Å². The summed E-state index contributed by atoms with van der Waals surface area (Å²) in [7, 11) is 4.50. The molecule has 0 aliphatic carbocycles. The molecule has 2 rings (SSSR count). The Bertz CT molecular complexity index is 1220. The van der Waals surface area contributed by atoms with Crippen LogP contribution in [0.4, 0.5) is 22.1 Å². The fourth-order valence-electron chi connectivity index (χ4n) is 4.26. The SMILES string of the molecule is [C-]#[N+]c1c(/N=N/c2ccc(N(CC)CCOCCOCCOCCOCC[N+](C)(C)CCCC)cc2C)sc(C#N)c1C. The summed E-state index contributed by atoms with van der Waals surface area (Å²) in [6.07, 6.45) is 2.48. The van der Waals surface area contributed by atoms with Crippen LogP contribution in [0.2, 0.25) is 0 Å². The molecule has 0 unspecified atom stereocenters. The lowest BCUT2D eigenvalue weighted by molar-refractivity contribution is -0.890. The maximum Gasteiger partial charge on any atom is 0.229 e. The largest absolute Gasteiger partial charge is 0.377 e. The molecule has 236 valence electrons. The molecule has 0 atom stereocenters. The predicted octanol–water partition coefficient (Wildman–Crippen LogP) is 6.97. The van der Waals surface area contributed by atoms with Crippen LogP contribution in [0, 0.1) is 31.8 Å². The van der Waals surface area contributed by atoms with Crippen LogP contribution in [-0.2, 0) is 18.9 Å². The van der Waals surface area contributed by atoms with Gasteiger partial charge in [0, 0.05) is 18.8 Å². The molecule has 1 aromatic heterocycles. The van der Waals surface area contributed by atoms with Crippen molar-refractivity contribution in [1.82, 2.24) is 0 Å². The number of thiophene rings is 1. The highest BCUT2D eigenvalue weighted by molar-refractivity contribution is 7.17. The first-order valence-corrected chi connectivity index (χ1v) is 15.9. The average molecular weight is 614 g/mol. The topological polar surface area (TPSA) is 93.0 Å². The minimum Gasteiger partial charge on any atom is -0.377 e. The average Bonchev–Trinajstić information content (AvgIpc) is 3.31. The maximum absolute atomic E-state index is 9.25. The van der Waals surface area contributed by atoms with E-state index in [-0.39, 0.29) is 0 Å². The third-order valence-corrected chi connectivity index (χ3v) is 8.14. The molecule has 11 heteroatoms. The highest BCUT2D eigenvalue weighted by atomic mass is 32.1. The predicted molar refractivity (Wildman–Crippen MR) is 173 cm³/mol. The number of unbranched alkanes of at least 4 members (excludes halogenated alkanes) is 1. The molecule has 0 N–H and O–H groups in total. The number of benzene rings is 1. The molecule has 0 fully saturated rings. The number of aryl methyl sites for hydroxylation is 1. The second-order valence-electron chi connectivity index (χ2n) is 10.9. The van der Waals surface area contributed by atoms with Gasteiger partial charge in [0.15, 0.2) is 0 Å². The van der Waals surface area contributed by atoms with E-state index in [1.54, 1.807) is 6.92 Å². The van der Waals surface area contributed by atoms with Gasteiger partial charge in [-0.3, -0.25) is 0 Å². The van der Waals surface area contributed by atoms with Crippen molar-refractivity contribution in [3.05, 3.63) is 45.6 Å². The highest BCUT2D eigenvalue weighted by Gasteiger charge is 2.15. The Kier molecular flexibility index (Phi) is 17.0. The molecule has 1 heterocycles. The summed E-state index contributed by atoms with van der Waals surface area (Å²) in [4.78, 5) is 6.27. The third-order valence-electron chi connectivity index (χ3n) is 7.07. The van der Waals surface area contributed by atoms with E-state index in [9.17, 15) is 5.26 Å². The molecule has 0 radical (unpaired) electrons. The fourth-order valence-corrected chi connectivity index (χ4v) is 5.13. The van der Waals surface area contributed by atoms with Crippen LogP contribution in [0.25, 0.3) is 4.85 Å². The van der Waals surface area contributed by atoms with E-state index in [0.717, 1.165) is 47.7 Å². The van der Waals surface area contributed by atoms with E-state index in [1.165, 1.54) is 30.7 Å². The van der Waals surface area contributed by atoms with Crippen LogP contribution in [-0.4, -0.2) is 97.6 Å². The molecular weight excluding hydrogens is 564 g/mol. The quantitative estimate of drug-likeness (QED) is 0.0616. The first-order chi connectivity index (χ1) is 20.8. The summed E-state index contributed by atoms with van der Waals surface area (Å²) in [6.45, 7) is 24.0. The van der Waals surface area contributed by atoms with Crippen molar-refractivity contribution in [2.24, 2.45) is 10.2 Å². The lowest BCUT2D eigenvalue weighted by Crippen LogP contribution is -2.43. The Morgan fingerprint density at radius 3 is 2.12 bits per heavy atom. The van der Waals surface area contributed by atoms with Gasteiger partial charge in [0.1, 0.15) is 17.6 Å². The van der Waals surface area contributed by atoms with Crippen molar-refractivity contribution in [2.45, 2.75) is 40.5 Å². The lowest BCUT2D eigenvalue weighted by atomic mass is 10.1. The Balaban J connectivity index is 1.60. The van der Waals surface area contributed by atoms with Gasteiger partial charge in [-0.05, 0) is 56.5 Å². The molecule has 43 heavy (non-hydrogen) atoms. The van der Waals surface area contributed by atoms with Gasteiger partial charge in [-0.1, -0.05) is 13.3 Å². The zero-order chi connectivity index (χ0) is 31.5. The number of hydrogen-bond acceptors (Lipinski definition) is 9. The van der Waals surface area contributed by atoms with Gasteiger partial charge < -0.3 is 28.3 Å². The standard InChI is InChI=1S/C32H49N6O4S/c1-8-10-14-38(6,7)15-17-40-19-21-42-23-22-41-20-18-39-16-13-37(9-2)28-11-12-29(26(3)24-28)35-36-32-31(34-5)27(4)30(25-33)43-32/h11-12,24H,8-10,13-23H2,1-4,6-7H3/q+1/b36-35+. The van der Waals surface area contributed by atoms with E-state index in [1.807, 2.05) is 19.1 Å². The Morgan fingerprint density at radius 2 is 1.56 bits per heavy atom. The molecule has 0 saturated carbocycles. The molecule has 2 aromatic rings. The van der Waals surface area contributed by atoms with Gasteiger partial charge in [0.05, 0.1) is 90.6 Å². The molecule has 0 bridgehead atoms. The molecule has 0 aliphatic rings. The monoisotopic (exact) mass is 613 g/mol. The molecule has 0 saturated heterocycles. The summed E-state index contributed by atoms with van der Waals surface area (Å²) in [5.41, 5.74) is 3.84. The molecule has 10 nitrogen and oxygen atoms in total. The van der Waals surface area contributed by atoms with Crippen molar-refractivity contribution in [3.63, 3.8) is 0 Å². The van der Waals surface area contributed by atoms with Crippen LogP contribution < -0.4 is 4.90 Å². The number of anilines is 1. The summed E-state index contributed by atoms with van der Waals surface area (Å²) in [6, 6.07) is 8.14. The zero-order valence-corrected chi connectivity index (χ0v) is 27.7. The minimum absolute atomic E-state index is 0.392. The summed E-state index contributed by atoms with van der Waals surface area (Å²) in [5, 5.41) is 18.4. The van der Waals surface area contributed by atoms with E-state index in [0.29, 0.717) is 67.4 Å². The van der Waals surface area contributed by atoms with E-state index >= 15 is 0 Å². The Hall–Kier alpha value is -2.90. The Labute approximate surface area is 262 Å². The van der Waals surface area contributed by atoms with Crippen LogP contribution in [0.5, 0.6) is 0 Å². The van der Waals surface area contributed by atoms with Crippen LogP contribution in [0.1, 0.15) is 42.7 Å². The highest BCUT2D eigenvalue weighted by Crippen LogP contribution is 2.42. The third kappa shape index (κ3) is 13.1. The Morgan fingerprint density at radius 1 is 0.930 bits per heavy atom. The number of hydrogen-bond donors (Lipinski definition) is 0. The lowest BCUT2D eigenvalue weighted by Gasteiger charge is -2.29. The van der Waals surface area contributed by atoms with Gasteiger partial charge in [-0.25, -0.2) is 4.85 Å². The number of likely N-dealkylation sites (N-methyl/N-ethyl adjacent to an activating group) is 2. The first kappa shape index (κ1) is 36.3. The number of quaternary nitrogens is 1. The molecule has 0 aliphatic heterocycles. The number of rotatable bonds is 22. The number of nitrogens with zero attached hydrogens (tertiary/aromatic N) is 6. The summed E-state index contributed by atoms with van der Waals surface area (Å²) in [5.74, 6) is 0. The van der Waals surface area contributed by atoms with Crippen LogP contribution >= 0.6 is 11.3 Å². The van der Waals surface area contributed by atoms with Crippen molar-refractivity contribution in [2.75, 3.05) is 98.0 Å². The van der Waals surface area contributed by atoms with E-state index in [4.69, 9.17) is 25.5 Å². The summed E-state index contributed by atoms with van der Waals surface area (Å²) < 4.78 is 23.7. The molecule has 0 amide bonds. The van der Waals surface area contributed by atoms with Gasteiger partial charge in [-0.15, -0.1) is 11.3 Å². The van der Waals surface area contributed by atoms with E-state index < -0.39 is 0 Å². The van der Waals surface area contributed by atoms with Gasteiger partial charge >= 0.3 is 0 Å². The summed E-state index contributed by atoms with van der Waals surface area (Å²) >= 11 is 1.19. The van der Waals surface area contributed by atoms with Crippen molar-refractivity contribution < 1.29 is 23.4 Å². The number of azo groups is 1. The number of nitriles is 1. The second kappa shape index (κ2) is 20.1. The molecule has 0 spiro atoms. The first-order valence-electron chi connectivity index (χ1n) is 15.1. The fraction of sp³-hybridized carbons (Fsp3) is 0.625. The molecule has 1 aromatic carbocycles. The molecular formula is C32H49N6O4S+. The van der Waals surface area contributed by atoms with Gasteiger partial charge in [0.25, 0.3) is 0 Å². The van der Waals surface area contributed by atoms with E-state index in [2.05, 4.69) is 60.1 Å². The van der Waals surface area contributed by atoms with Crippen molar-refractivity contribution >= 4 is 33.4 Å². The van der Waals surface area contributed by atoms with Gasteiger partial charge in [-0.2, -0.15) is 15.5 Å². The van der Waals surface area contributed by atoms with Crippen LogP contribution in [0.15, 0.2) is 28.4 Å². The second-order valence-corrected chi connectivity index (χ2v) is 11.9. The number of ether oxygens (including phenoxy) is 4. The smallest absolute Gasteiger partial charge is 0.229 e. The van der Waals surface area contributed by atoms with Crippen molar-refractivity contribution in [1.29, 1.82) is 5.26 Å². The maximum atomic E-state index is 9.25. The normalized spacial score (nSPS) is 11.6. The van der Waals surface area contributed by atoms with Crippen molar-refractivity contribution in [3.8, 4) is 6.07 Å². The van der Waals surface area contributed by atoms with Crippen LogP contribution in [0.3, 0.4) is 0 Å². The minimum atomic E-state index is 0.392.